The summed E-state index contributed by atoms with van der Waals surface area (Å²) in [5.74, 6) is 0.572. The van der Waals surface area contributed by atoms with Crippen LogP contribution in [0, 0.1) is 0 Å². The minimum Gasteiger partial charge on any atom is -0.384 e. The van der Waals surface area contributed by atoms with Crippen molar-refractivity contribution < 1.29 is 13.3 Å². The minimum atomic E-state index is -2.51. The first-order chi connectivity index (χ1) is 9.14. The zero-order valence-corrected chi connectivity index (χ0v) is 13.0. The summed E-state index contributed by atoms with van der Waals surface area (Å²) in [6.07, 6.45) is 1.66. The lowest BCUT2D eigenvalue weighted by Gasteiger charge is -2.24. The van der Waals surface area contributed by atoms with E-state index in [1.54, 1.807) is 18.0 Å². The number of pyridine rings is 1. The summed E-state index contributed by atoms with van der Waals surface area (Å²) in [6, 6.07) is 5.43. The summed E-state index contributed by atoms with van der Waals surface area (Å²) >= 11 is 0. The molecule has 0 radical (unpaired) electrons. The van der Waals surface area contributed by atoms with Gasteiger partial charge in [-0.2, -0.15) is 0 Å². The maximum atomic E-state index is 5.44. The molecule has 0 amide bonds. The van der Waals surface area contributed by atoms with Crippen molar-refractivity contribution in [3.05, 3.63) is 36.7 Å². The van der Waals surface area contributed by atoms with E-state index in [0.717, 1.165) is 0 Å². The average molecular weight is 284 g/mol. The van der Waals surface area contributed by atoms with E-state index in [9.17, 15) is 0 Å². The molecule has 0 aliphatic rings. The lowest BCUT2D eigenvalue weighted by atomic mass is 10.5. The van der Waals surface area contributed by atoms with Crippen molar-refractivity contribution in [2.45, 2.75) is 20.8 Å². The molecule has 1 aromatic rings. The van der Waals surface area contributed by atoms with Gasteiger partial charge in [0.15, 0.2) is 0 Å². The van der Waals surface area contributed by atoms with Crippen LogP contribution in [0.25, 0.3) is 0 Å². The normalized spacial score (nSPS) is 10.5. The first kappa shape index (κ1) is 17.8. The number of anilines is 1. The van der Waals surface area contributed by atoms with Crippen molar-refractivity contribution in [1.29, 1.82) is 0 Å². The highest BCUT2D eigenvalue weighted by Gasteiger charge is 2.36. The second kappa shape index (κ2) is 10.7. The van der Waals surface area contributed by atoms with E-state index in [4.69, 9.17) is 19.0 Å². The Balaban J connectivity index is 0.000000388. The monoisotopic (exact) mass is 284 g/mol. The molecule has 0 aromatic carbocycles. The summed E-state index contributed by atoms with van der Waals surface area (Å²) in [6.45, 7) is 11.2. The van der Waals surface area contributed by atoms with Gasteiger partial charge in [0.25, 0.3) is 0 Å². The molecule has 0 unspecified atom stereocenters. The van der Waals surface area contributed by atoms with Gasteiger partial charge in [-0.25, -0.2) is 4.98 Å². The Morgan fingerprint density at radius 2 is 1.68 bits per heavy atom. The molecule has 1 heterocycles. The van der Waals surface area contributed by atoms with Crippen molar-refractivity contribution in [3.63, 3.8) is 0 Å². The van der Waals surface area contributed by atoms with Gasteiger partial charge in [0.1, 0.15) is 5.82 Å². The lowest BCUT2D eigenvalue weighted by molar-refractivity contribution is 0.0844. The van der Waals surface area contributed by atoms with Crippen molar-refractivity contribution >= 4 is 14.6 Å². The summed E-state index contributed by atoms with van der Waals surface area (Å²) < 4.78 is 16.3. The van der Waals surface area contributed by atoms with E-state index in [2.05, 4.69) is 11.6 Å². The molecule has 0 aliphatic carbocycles. The smallest absolute Gasteiger partial charge is 0.384 e. The molecular formula is C13H24N2O3Si. The van der Waals surface area contributed by atoms with Crippen molar-refractivity contribution in [3.8, 4) is 0 Å². The maximum absolute atomic E-state index is 5.44. The number of hydrogen-bond donors (Lipinski definition) is 1. The van der Waals surface area contributed by atoms with Crippen LogP contribution in [0.3, 0.4) is 0 Å². The zero-order valence-electron chi connectivity index (χ0n) is 12.0. The Kier molecular flexibility index (Phi) is 10.0. The van der Waals surface area contributed by atoms with Crippen LogP contribution < -0.4 is 5.73 Å². The molecule has 0 spiro atoms. The van der Waals surface area contributed by atoms with Crippen LogP contribution >= 0.6 is 0 Å². The highest BCUT2D eigenvalue weighted by Crippen LogP contribution is 2.10. The van der Waals surface area contributed by atoms with Gasteiger partial charge in [0.2, 0.25) is 0 Å². The number of nitrogens with zero attached hydrogens (tertiary/aromatic N) is 1. The molecule has 0 saturated carbocycles. The fourth-order valence-electron chi connectivity index (χ4n) is 1.28. The first-order valence-corrected chi connectivity index (χ1v) is 8.16. The molecule has 2 N–H and O–H groups in total. The van der Waals surface area contributed by atoms with Gasteiger partial charge in [-0.1, -0.05) is 12.6 Å². The highest BCUT2D eigenvalue weighted by molar-refractivity contribution is 6.66. The Hall–Kier alpha value is -1.21. The van der Waals surface area contributed by atoms with E-state index < -0.39 is 8.80 Å². The van der Waals surface area contributed by atoms with Gasteiger partial charge in [-0.05, 0) is 38.6 Å². The first-order valence-electron chi connectivity index (χ1n) is 6.36. The van der Waals surface area contributed by atoms with Crippen LogP contribution in [-0.2, 0) is 13.3 Å². The van der Waals surface area contributed by atoms with Gasteiger partial charge in [-0.3, -0.25) is 0 Å². The topological polar surface area (TPSA) is 66.6 Å². The Bertz CT molecular complexity index is 319. The van der Waals surface area contributed by atoms with Gasteiger partial charge in [-0.15, -0.1) is 0 Å². The lowest BCUT2D eigenvalue weighted by Crippen LogP contribution is -2.44. The molecule has 0 fully saturated rings. The van der Waals surface area contributed by atoms with E-state index in [1.165, 1.54) is 0 Å². The number of nitrogens with two attached hydrogens (primary N) is 1. The van der Waals surface area contributed by atoms with Crippen molar-refractivity contribution in [1.82, 2.24) is 4.98 Å². The molecule has 5 nitrogen and oxygen atoms in total. The Morgan fingerprint density at radius 1 is 1.16 bits per heavy atom. The number of nitrogen functional groups attached to an aromatic ring is 1. The van der Waals surface area contributed by atoms with Crippen LogP contribution in [0.5, 0.6) is 0 Å². The predicted molar refractivity (Wildman–Crippen MR) is 79.5 cm³/mol. The molecule has 0 saturated heterocycles. The molecule has 108 valence electrons. The van der Waals surface area contributed by atoms with E-state index >= 15 is 0 Å². The average Bonchev–Trinajstić information content (AvgIpc) is 2.41. The Labute approximate surface area is 116 Å². The fraction of sp³-hybridized carbons (Fsp3) is 0.462. The van der Waals surface area contributed by atoms with Crippen molar-refractivity contribution in [2.75, 3.05) is 25.6 Å². The molecule has 19 heavy (non-hydrogen) atoms. The number of aromatic nitrogens is 1. The van der Waals surface area contributed by atoms with Gasteiger partial charge in [0, 0.05) is 26.0 Å². The van der Waals surface area contributed by atoms with E-state index in [-0.39, 0.29) is 0 Å². The van der Waals surface area contributed by atoms with E-state index in [0.29, 0.717) is 25.6 Å². The van der Waals surface area contributed by atoms with Crippen molar-refractivity contribution in [2.24, 2.45) is 0 Å². The summed E-state index contributed by atoms with van der Waals surface area (Å²) in [5.41, 5.74) is 6.92. The highest BCUT2D eigenvalue weighted by atomic mass is 28.4. The quantitative estimate of drug-likeness (QED) is 0.779. The zero-order chi connectivity index (χ0) is 14.6. The predicted octanol–water partition coefficient (Wildman–Crippen LogP) is 2.42. The van der Waals surface area contributed by atoms with Crippen LogP contribution in [0.15, 0.2) is 36.7 Å². The number of hydrogen-bond acceptors (Lipinski definition) is 5. The fourth-order valence-corrected chi connectivity index (χ4v) is 3.09. The molecule has 1 aromatic heterocycles. The third-order valence-electron chi connectivity index (χ3n) is 1.97. The van der Waals surface area contributed by atoms with Crippen LogP contribution in [0.1, 0.15) is 20.8 Å². The summed E-state index contributed by atoms with van der Waals surface area (Å²) in [7, 11) is -2.51. The van der Waals surface area contributed by atoms with E-state index in [1.807, 2.05) is 32.9 Å². The molecule has 6 heteroatoms. The molecule has 0 atom stereocenters. The number of rotatable bonds is 7. The third-order valence-corrected chi connectivity index (χ3v) is 4.55. The molecule has 1 rings (SSSR count). The Morgan fingerprint density at radius 3 is 1.89 bits per heavy atom. The van der Waals surface area contributed by atoms with Gasteiger partial charge in [0.05, 0.1) is 0 Å². The van der Waals surface area contributed by atoms with Gasteiger partial charge < -0.3 is 19.0 Å². The summed E-state index contributed by atoms with van der Waals surface area (Å²) in [4.78, 5) is 3.76. The largest absolute Gasteiger partial charge is 0.528 e. The minimum absolute atomic E-state index is 0.572. The van der Waals surface area contributed by atoms with Crippen LogP contribution in [0.4, 0.5) is 5.82 Å². The van der Waals surface area contributed by atoms with Crippen LogP contribution in [-0.4, -0.2) is 33.6 Å². The summed E-state index contributed by atoms with van der Waals surface area (Å²) in [5, 5.41) is 0. The second-order valence-electron chi connectivity index (χ2n) is 3.36. The SMILES string of the molecule is C=C[Si](OCC)(OCC)OCC.Nc1ccccn1. The maximum Gasteiger partial charge on any atom is 0.528 e. The van der Waals surface area contributed by atoms with Gasteiger partial charge >= 0.3 is 8.80 Å². The second-order valence-corrected chi connectivity index (χ2v) is 5.84. The van der Waals surface area contributed by atoms with Crippen LogP contribution in [0.2, 0.25) is 0 Å². The molecule has 0 aliphatic heterocycles. The molecular weight excluding hydrogens is 260 g/mol. The third kappa shape index (κ3) is 7.73. The molecule has 0 bridgehead atoms. The standard InChI is InChI=1S/C8H18O3Si.C5H6N2/c1-5-9-12(8-4,10-6-2)11-7-3;6-5-3-1-2-4-7-5/h8H,4-7H2,1-3H3;1-4H,(H2,6,7).